The second-order valence-electron chi connectivity index (χ2n) is 6.10. The molecule has 5 nitrogen and oxygen atoms in total. The van der Waals surface area contributed by atoms with E-state index in [2.05, 4.69) is 5.32 Å². The Bertz CT molecular complexity index is 598. The molecule has 0 bridgehead atoms. The molecule has 1 aliphatic carbocycles. The molecule has 2 N–H and O–H groups in total. The zero-order valence-corrected chi connectivity index (χ0v) is 12.0. The van der Waals surface area contributed by atoms with Crippen LogP contribution in [0.2, 0.25) is 0 Å². The lowest BCUT2D eigenvalue weighted by molar-refractivity contribution is -0.148. The molecule has 2 atom stereocenters. The van der Waals surface area contributed by atoms with E-state index in [4.69, 9.17) is 4.74 Å². The van der Waals surface area contributed by atoms with Crippen LogP contribution in [0.15, 0.2) is 18.2 Å². The van der Waals surface area contributed by atoms with Crippen LogP contribution in [0.3, 0.4) is 0 Å². The van der Waals surface area contributed by atoms with Crippen LogP contribution < -0.4 is 5.32 Å². The highest BCUT2D eigenvalue weighted by Gasteiger charge is 2.47. The molecule has 1 aromatic rings. The SMILES string of the molecule is CC1(C(=O)O)COCC1NC(=O)c1ccc2c(c1)CCC2. The number of amides is 1. The summed E-state index contributed by atoms with van der Waals surface area (Å²) in [6.07, 6.45) is 3.22. The Morgan fingerprint density at radius 1 is 1.33 bits per heavy atom. The van der Waals surface area contributed by atoms with Crippen molar-refractivity contribution in [1.29, 1.82) is 0 Å². The van der Waals surface area contributed by atoms with Crippen LogP contribution in [-0.2, 0) is 22.4 Å². The molecule has 2 unspecified atom stereocenters. The third-order valence-corrected chi connectivity index (χ3v) is 4.61. The van der Waals surface area contributed by atoms with E-state index < -0.39 is 17.4 Å². The van der Waals surface area contributed by atoms with Crippen LogP contribution >= 0.6 is 0 Å². The summed E-state index contributed by atoms with van der Waals surface area (Å²) in [5, 5.41) is 12.1. The molecule has 1 fully saturated rings. The lowest BCUT2D eigenvalue weighted by Crippen LogP contribution is -2.49. The van der Waals surface area contributed by atoms with Gasteiger partial charge < -0.3 is 15.2 Å². The summed E-state index contributed by atoms with van der Waals surface area (Å²) < 4.78 is 5.25. The number of carbonyl (C=O) groups excluding carboxylic acids is 1. The summed E-state index contributed by atoms with van der Waals surface area (Å²) in [4.78, 5) is 23.7. The van der Waals surface area contributed by atoms with E-state index in [1.165, 1.54) is 11.1 Å². The van der Waals surface area contributed by atoms with Gasteiger partial charge in [0.1, 0.15) is 5.41 Å². The van der Waals surface area contributed by atoms with E-state index in [0.29, 0.717) is 5.56 Å². The van der Waals surface area contributed by atoms with Crippen LogP contribution in [0, 0.1) is 5.41 Å². The summed E-state index contributed by atoms with van der Waals surface area (Å²) in [5.74, 6) is -1.17. The molecule has 21 heavy (non-hydrogen) atoms. The molecule has 1 heterocycles. The second-order valence-corrected chi connectivity index (χ2v) is 6.10. The Morgan fingerprint density at radius 3 is 2.86 bits per heavy atom. The molecule has 0 saturated carbocycles. The van der Waals surface area contributed by atoms with Gasteiger partial charge >= 0.3 is 5.97 Å². The van der Waals surface area contributed by atoms with Crippen molar-refractivity contribution in [3.63, 3.8) is 0 Å². The predicted molar refractivity (Wildman–Crippen MR) is 76.3 cm³/mol. The number of aryl methyl sites for hydroxylation is 2. The average molecular weight is 289 g/mol. The Kier molecular flexibility index (Phi) is 3.45. The smallest absolute Gasteiger partial charge is 0.313 e. The third kappa shape index (κ3) is 2.42. The Labute approximate surface area is 123 Å². The first-order chi connectivity index (χ1) is 10.0. The zero-order valence-electron chi connectivity index (χ0n) is 12.0. The summed E-state index contributed by atoms with van der Waals surface area (Å²) in [7, 11) is 0. The third-order valence-electron chi connectivity index (χ3n) is 4.61. The van der Waals surface area contributed by atoms with Crippen LogP contribution in [0.25, 0.3) is 0 Å². The molecule has 1 amide bonds. The van der Waals surface area contributed by atoms with E-state index in [0.717, 1.165) is 19.3 Å². The van der Waals surface area contributed by atoms with Gasteiger partial charge in [0.15, 0.2) is 0 Å². The van der Waals surface area contributed by atoms with Gasteiger partial charge in [-0.15, -0.1) is 0 Å². The van der Waals surface area contributed by atoms with Gasteiger partial charge in [0.2, 0.25) is 0 Å². The lowest BCUT2D eigenvalue weighted by Gasteiger charge is -2.25. The first-order valence-electron chi connectivity index (χ1n) is 7.24. The molecule has 2 aliphatic rings. The maximum atomic E-state index is 12.4. The minimum absolute atomic E-state index is 0.122. The number of fused-ring (bicyclic) bond motifs is 1. The van der Waals surface area contributed by atoms with Crippen LogP contribution in [-0.4, -0.2) is 36.2 Å². The van der Waals surface area contributed by atoms with Crippen molar-refractivity contribution >= 4 is 11.9 Å². The quantitative estimate of drug-likeness (QED) is 0.882. The number of carbonyl (C=O) groups is 2. The summed E-state index contributed by atoms with van der Waals surface area (Å²) in [6, 6.07) is 5.23. The summed E-state index contributed by atoms with van der Waals surface area (Å²) >= 11 is 0. The van der Waals surface area contributed by atoms with E-state index in [9.17, 15) is 14.7 Å². The van der Waals surface area contributed by atoms with Crippen molar-refractivity contribution in [2.45, 2.75) is 32.2 Å². The number of benzene rings is 1. The van der Waals surface area contributed by atoms with Gasteiger partial charge in [-0.05, 0) is 49.4 Å². The monoisotopic (exact) mass is 289 g/mol. The van der Waals surface area contributed by atoms with Crippen molar-refractivity contribution in [2.75, 3.05) is 13.2 Å². The molecule has 5 heteroatoms. The fraction of sp³-hybridized carbons (Fsp3) is 0.500. The largest absolute Gasteiger partial charge is 0.481 e. The maximum Gasteiger partial charge on any atom is 0.313 e. The molecule has 3 rings (SSSR count). The van der Waals surface area contributed by atoms with Gasteiger partial charge in [-0.1, -0.05) is 6.07 Å². The molecule has 112 valence electrons. The minimum atomic E-state index is -1.06. The van der Waals surface area contributed by atoms with Crippen LogP contribution in [0.5, 0.6) is 0 Å². The van der Waals surface area contributed by atoms with E-state index in [1.807, 2.05) is 18.2 Å². The Morgan fingerprint density at radius 2 is 2.10 bits per heavy atom. The fourth-order valence-corrected chi connectivity index (χ4v) is 3.04. The topological polar surface area (TPSA) is 75.6 Å². The van der Waals surface area contributed by atoms with Crippen molar-refractivity contribution in [3.8, 4) is 0 Å². The minimum Gasteiger partial charge on any atom is -0.481 e. The van der Waals surface area contributed by atoms with Crippen molar-refractivity contribution in [1.82, 2.24) is 5.32 Å². The molecule has 0 spiro atoms. The number of hydrogen-bond acceptors (Lipinski definition) is 3. The first-order valence-corrected chi connectivity index (χ1v) is 7.24. The van der Waals surface area contributed by atoms with E-state index >= 15 is 0 Å². The highest BCUT2D eigenvalue weighted by Crippen LogP contribution is 2.29. The highest BCUT2D eigenvalue weighted by atomic mass is 16.5. The van der Waals surface area contributed by atoms with Crippen molar-refractivity contribution in [2.24, 2.45) is 5.41 Å². The molecule has 1 aromatic carbocycles. The number of ether oxygens (including phenoxy) is 1. The molecular weight excluding hydrogens is 270 g/mol. The normalized spacial score (nSPS) is 27.4. The zero-order chi connectivity index (χ0) is 15.0. The first kappa shape index (κ1) is 14.1. The van der Waals surface area contributed by atoms with E-state index in [1.54, 1.807) is 6.92 Å². The number of aliphatic carboxylic acids is 1. The number of carboxylic acid groups (broad SMARTS) is 1. The van der Waals surface area contributed by atoms with Gasteiger partial charge in [0.05, 0.1) is 19.3 Å². The molecule has 1 saturated heterocycles. The molecule has 0 aromatic heterocycles. The highest BCUT2D eigenvalue weighted by molar-refractivity contribution is 5.95. The van der Waals surface area contributed by atoms with Gasteiger partial charge in [-0.2, -0.15) is 0 Å². The standard InChI is InChI=1S/C16H19NO4/c1-16(15(19)20)9-21-8-13(16)17-14(18)12-6-5-10-3-2-4-11(10)7-12/h5-7,13H,2-4,8-9H2,1H3,(H,17,18)(H,19,20). The van der Waals surface area contributed by atoms with Gasteiger partial charge in [-0.3, -0.25) is 9.59 Å². The molecular formula is C16H19NO4. The second kappa shape index (κ2) is 5.15. The van der Waals surface area contributed by atoms with Crippen molar-refractivity contribution < 1.29 is 19.4 Å². The number of carboxylic acids is 1. The predicted octanol–water partition coefficient (Wildman–Crippen LogP) is 1.39. The van der Waals surface area contributed by atoms with Gasteiger partial charge in [-0.25, -0.2) is 0 Å². The summed E-state index contributed by atoms with van der Waals surface area (Å²) in [5.41, 5.74) is 2.07. The van der Waals surface area contributed by atoms with Crippen molar-refractivity contribution in [3.05, 3.63) is 34.9 Å². The lowest BCUT2D eigenvalue weighted by atomic mass is 9.85. The molecule has 0 radical (unpaired) electrons. The van der Waals surface area contributed by atoms with E-state index in [-0.39, 0.29) is 19.1 Å². The van der Waals surface area contributed by atoms with Gasteiger partial charge in [0.25, 0.3) is 5.91 Å². The van der Waals surface area contributed by atoms with Crippen LogP contribution in [0.1, 0.15) is 34.8 Å². The number of hydrogen-bond donors (Lipinski definition) is 2. The van der Waals surface area contributed by atoms with Crippen LogP contribution in [0.4, 0.5) is 0 Å². The molecule has 1 aliphatic heterocycles. The van der Waals surface area contributed by atoms with Gasteiger partial charge in [0, 0.05) is 5.56 Å². The Hall–Kier alpha value is -1.88. The maximum absolute atomic E-state index is 12.4. The fourth-order valence-electron chi connectivity index (χ4n) is 3.04. The summed E-state index contributed by atoms with van der Waals surface area (Å²) in [6.45, 7) is 1.97. The number of nitrogens with one attached hydrogen (secondary N) is 1. The number of rotatable bonds is 3. The Balaban J connectivity index is 1.76. The average Bonchev–Trinajstić information content (AvgIpc) is 3.06.